The minimum Gasteiger partial charge on any atom is -0.340 e. The largest absolute Gasteiger partial charge is 0.340 e. The van der Waals surface area contributed by atoms with Gasteiger partial charge in [0.2, 0.25) is 5.91 Å². The SMILES string of the molecule is CC(CC(=O)N1CCN(Cc2ccc(Cl)cc2)CC1)C1CCCNC1.Cl.Cl. The predicted molar refractivity (Wildman–Crippen MR) is 117 cm³/mol. The molecule has 0 aromatic heterocycles. The van der Waals surface area contributed by atoms with Gasteiger partial charge >= 0.3 is 0 Å². The predicted octanol–water partition coefficient (Wildman–Crippen LogP) is 3.85. The lowest BCUT2D eigenvalue weighted by Crippen LogP contribution is -2.48. The highest BCUT2D eigenvalue weighted by Crippen LogP contribution is 2.23. The summed E-state index contributed by atoms with van der Waals surface area (Å²) in [5.41, 5.74) is 1.28. The highest BCUT2D eigenvalue weighted by Gasteiger charge is 2.26. The summed E-state index contributed by atoms with van der Waals surface area (Å²) in [6, 6.07) is 8.05. The Morgan fingerprint density at radius 1 is 1.19 bits per heavy atom. The zero-order chi connectivity index (χ0) is 17.6. The second-order valence-electron chi connectivity index (χ2n) is 7.57. The van der Waals surface area contributed by atoms with Crippen molar-refractivity contribution in [1.29, 1.82) is 0 Å². The van der Waals surface area contributed by atoms with Crippen LogP contribution >= 0.6 is 36.4 Å². The second-order valence-corrected chi connectivity index (χ2v) is 8.01. The van der Waals surface area contributed by atoms with E-state index in [2.05, 4.69) is 34.2 Å². The van der Waals surface area contributed by atoms with Crippen LogP contribution in [0.1, 0.15) is 31.7 Å². The molecule has 7 heteroatoms. The molecule has 1 aromatic carbocycles. The zero-order valence-corrected chi connectivity index (χ0v) is 18.4. The van der Waals surface area contributed by atoms with Gasteiger partial charge in [-0.25, -0.2) is 0 Å². The number of benzene rings is 1. The van der Waals surface area contributed by atoms with Crippen molar-refractivity contribution >= 4 is 42.3 Å². The van der Waals surface area contributed by atoms with Crippen LogP contribution in [0.15, 0.2) is 24.3 Å². The monoisotopic (exact) mass is 435 g/mol. The first-order chi connectivity index (χ1) is 12.1. The molecule has 4 nitrogen and oxygen atoms in total. The van der Waals surface area contributed by atoms with E-state index in [9.17, 15) is 4.79 Å². The van der Waals surface area contributed by atoms with Crippen LogP contribution in [0.4, 0.5) is 0 Å². The van der Waals surface area contributed by atoms with E-state index in [1.54, 1.807) is 0 Å². The minimum absolute atomic E-state index is 0. The first-order valence-electron chi connectivity index (χ1n) is 9.57. The van der Waals surface area contributed by atoms with Crippen LogP contribution in [0, 0.1) is 11.8 Å². The van der Waals surface area contributed by atoms with Crippen molar-refractivity contribution in [3.05, 3.63) is 34.9 Å². The van der Waals surface area contributed by atoms with E-state index in [4.69, 9.17) is 11.6 Å². The molecule has 2 atom stereocenters. The van der Waals surface area contributed by atoms with Crippen LogP contribution in [0.2, 0.25) is 5.02 Å². The standard InChI is InChI=1S/C20H30ClN3O.2ClH/c1-16(18-3-2-8-22-14-18)13-20(25)24-11-9-23(10-12-24)15-17-4-6-19(21)7-5-17;;/h4-7,16,18,22H,2-3,8-15H2,1H3;2*1H. The maximum atomic E-state index is 12.6. The average molecular weight is 437 g/mol. The van der Waals surface area contributed by atoms with E-state index < -0.39 is 0 Å². The third-order valence-electron chi connectivity index (χ3n) is 5.68. The summed E-state index contributed by atoms with van der Waals surface area (Å²) >= 11 is 5.94. The maximum Gasteiger partial charge on any atom is 0.222 e. The molecule has 2 heterocycles. The molecule has 0 saturated carbocycles. The lowest BCUT2D eigenvalue weighted by atomic mass is 9.85. The third-order valence-corrected chi connectivity index (χ3v) is 5.93. The van der Waals surface area contributed by atoms with Gasteiger partial charge in [-0.1, -0.05) is 30.7 Å². The molecule has 0 spiro atoms. The Morgan fingerprint density at radius 3 is 2.44 bits per heavy atom. The van der Waals surface area contributed by atoms with Crippen molar-refractivity contribution < 1.29 is 4.79 Å². The van der Waals surface area contributed by atoms with E-state index in [0.717, 1.165) is 50.8 Å². The van der Waals surface area contributed by atoms with Gasteiger partial charge in [0, 0.05) is 44.2 Å². The van der Waals surface area contributed by atoms with Gasteiger partial charge in [-0.15, -0.1) is 24.8 Å². The Labute approximate surface area is 180 Å². The second kappa shape index (κ2) is 12.1. The number of carbonyl (C=O) groups excluding carboxylic acids is 1. The first-order valence-corrected chi connectivity index (χ1v) is 9.95. The number of hydrogen-bond acceptors (Lipinski definition) is 3. The smallest absolute Gasteiger partial charge is 0.222 e. The number of hydrogen-bond donors (Lipinski definition) is 1. The van der Waals surface area contributed by atoms with Gasteiger partial charge in [0.15, 0.2) is 0 Å². The molecule has 3 rings (SSSR count). The summed E-state index contributed by atoms with van der Waals surface area (Å²) in [5, 5.41) is 4.24. The number of nitrogens with zero attached hydrogens (tertiary/aromatic N) is 2. The Hall–Kier alpha value is -0.520. The summed E-state index contributed by atoms with van der Waals surface area (Å²) in [6.07, 6.45) is 3.20. The van der Waals surface area contributed by atoms with E-state index in [1.165, 1.54) is 18.4 Å². The minimum atomic E-state index is 0. The number of rotatable bonds is 5. The van der Waals surface area contributed by atoms with Crippen molar-refractivity contribution in [2.75, 3.05) is 39.3 Å². The molecule has 2 unspecified atom stereocenters. The Morgan fingerprint density at radius 2 is 1.85 bits per heavy atom. The Bertz CT molecular complexity index is 556. The normalized spacial score (nSPS) is 21.7. The van der Waals surface area contributed by atoms with E-state index >= 15 is 0 Å². The number of halogens is 3. The number of nitrogens with one attached hydrogen (secondary N) is 1. The van der Waals surface area contributed by atoms with Crippen molar-refractivity contribution in [2.45, 2.75) is 32.7 Å². The van der Waals surface area contributed by atoms with Gasteiger partial charge in [-0.3, -0.25) is 9.69 Å². The Balaban J connectivity index is 0.00000182. The summed E-state index contributed by atoms with van der Waals surface area (Å²) < 4.78 is 0. The van der Waals surface area contributed by atoms with Crippen LogP contribution in [-0.2, 0) is 11.3 Å². The number of piperidine rings is 1. The molecular formula is C20H32Cl3N3O. The van der Waals surface area contributed by atoms with Crippen LogP contribution < -0.4 is 5.32 Å². The maximum absolute atomic E-state index is 12.6. The van der Waals surface area contributed by atoms with Gasteiger partial charge in [0.05, 0.1) is 0 Å². The fraction of sp³-hybridized carbons (Fsp3) is 0.650. The number of amides is 1. The van der Waals surface area contributed by atoms with Gasteiger partial charge in [0.1, 0.15) is 0 Å². The van der Waals surface area contributed by atoms with Crippen molar-refractivity contribution in [1.82, 2.24) is 15.1 Å². The lowest BCUT2D eigenvalue weighted by Gasteiger charge is -2.36. The van der Waals surface area contributed by atoms with Gasteiger partial charge in [-0.05, 0) is 55.5 Å². The van der Waals surface area contributed by atoms with Crippen molar-refractivity contribution in [3.8, 4) is 0 Å². The zero-order valence-electron chi connectivity index (χ0n) is 16.0. The van der Waals surface area contributed by atoms with Crippen molar-refractivity contribution in [3.63, 3.8) is 0 Å². The lowest BCUT2D eigenvalue weighted by molar-refractivity contribution is -0.134. The third kappa shape index (κ3) is 7.43. The molecule has 27 heavy (non-hydrogen) atoms. The molecule has 2 aliphatic heterocycles. The molecule has 1 N–H and O–H groups in total. The average Bonchev–Trinajstić information content (AvgIpc) is 2.65. The number of carbonyl (C=O) groups is 1. The van der Waals surface area contributed by atoms with Gasteiger partial charge in [0.25, 0.3) is 0 Å². The van der Waals surface area contributed by atoms with Crippen LogP contribution in [0.25, 0.3) is 0 Å². The molecule has 154 valence electrons. The Kier molecular flexibility index (Phi) is 11.0. The number of piperazine rings is 1. The highest BCUT2D eigenvalue weighted by atomic mass is 35.5. The van der Waals surface area contributed by atoms with E-state index in [1.807, 2.05) is 12.1 Å². The molecule has 2 saturated heterocycles. The molecule has 0 bridgehead atoms. The molecular weight excluding hydrogens is 405 g/mol. The summed E-state index contributed by atoms with van der Waals surface area (Å²) in [7, 11) is 0. The molecule has 2 fully saturated rings. The fourth-order valence-electron chi connectivity index (χ4n) is 3.94. The molecule has 2 aliphatic rings. The highest BCUT2D eigenvalue weighted by molar-refractivity contribution is 6.30. The van der Waals surface area contributed by atoms with Gasteiger partial charge < -0.3 is 10.2 Å². The van der Waals surface area contributed by atoms with Crippen LogP contribution in [-0.4, -0.2) is 55.0 Å². The first kappa shape index (κ1) is 24.5. The van der Waals surface area contributed by atoms with Crippen molar-refractivity contribution in [2.24, 2.45) is 11.8 Å². The van der Waals surface area contributed by atoms with E-state index in [-0.39, 0.29) is 24.8 Å². The molecule has 1 aromatic rings. The van der Waals surface area contributed by atoms with E-state index in [0.29, 0.717) is 24.2 Å². The molecule has 1 amide bonds. The molecule has 0 aliphatic carbocycles. The van der Waals surface area contributed by atoms with Gasteiger partial charge in [-0.2, -0.15) is 0 Å². The summed E-state index contributed by atoms with van der Waals surface area (Å²) in [4.78, 5) is 17.1. The van der Waals surface area contributed by atoms with Crippen LogP contribution in [0.3, 0.4) is 0 Å². The van der Waals surface area contributed by atoms with Crippen LogP contribution in [0.5, 0.6) is 0 Å². The summed E-state index contributed by atoms with van der Waals surface area (Å²) in [5.74, 6) is 1.47. The summed E-state index contributed by atoms with van der Waals surface area (Å²) in [6.45, 7) is 8.98. The topological polar surface area (TPSA) is 35.6 Å². The quantitative estimate of drug-likeness (QED) is 0.761. The fourth-order valence-corrected chi connectivity index (χ4v) is 4.07. The molecule has 0 radical (unpaired) electrons.